The molecule has 0 N–H and O–H groups in total. The quantitative estimate of drug-likeness (QED) is 0.694. The van der Waals surface area contributed by atoms with Gasteiger partial charge < -0.3 is 4.90 Å². The zero-order valence-corrected chi connectivity index (χ0v) is 14.7. The van der Waals surface area contributed by atoms with E-state index in [0.29, 0.717) is 0 Å². The Kier molecular flexibility index (Phi) is 4.18. The molecule has 0 spiro atoms. The Balaban J connectivity index is 1.92. The van der Waals surface area contributed by atoms with E-state index in [0.717, 1.165) is 12.4 Å². The molecule has 2 heterocycles. The fourth-order valence-electron chi connectivity index (χ4n) is 2.88. The van der Waals surface area contributed by atoms with E-state index in [-0.39, 0.29) is 4.75 Å². The third kappa shape index (κ3) is 3.30. The van der Waals surface area contributed by atoms with Crippen molar-refractivity contribution in [2.24, 2.45) is 0 Å². The summed E-state index contributed by atoms with van der Waals surface area (Å²) in [6.07, 6.45) is 4.40. The van der Waals surface area contributed by atoms with Crippen molar-refractivity contribution in [3.05, 3.63) is 47.7 Å². The summed E-state index contributed by atoms with van der Waals surface area (Å²) in [5.74, 6) is 1.07. The van der Waals surface area contributed by atoms with Gasteiger partial charge in [0, 0.05) is 28.1 Å². The average molecular weight is 312 g/mol. The molecule has 0 aliphatic carbocycles. The van der Waals surface area contributed by atoms with Crippen LogP contribution in [-0.4, -0.2) is 16.3 Å². The lowest BCUT2D eigenvalue weighted by atomic mass is 10.0. The highest BCUT2D eigenvalue weighted by Gasteiger charge is 2.20. The highest BCUT2D eigenvalue weighted by molar-refractivity contribution is 8.00. The Morgan fingerprint density at radius 3 is 2.68 bits per heavy atom. The maximum atomic E-state index is 4.75. The van der Waals surface area contributed by atoms with E-state index in [1.54, 1.807) is 0 Å². The Labute approximate surface area is 138 Å². The normalized spacial score (nSPS) is 14.8. The molecule has 0 fully saturated rings. The fraction of sp³-hybridized carbons (Fsp3) is 0.421. The van der Waals surface area contributed by atoms with Crippen LogP contribution in [0.15, 0.2) is 41.4 Å². The van der Waals surface area contributed by atoms with Crippen LogP contribution in [0.3, 0.4) is 0 Å². The van der Waals surface area contributed by atoms with E-state index >= 15 is 0 Å². The van der Waals surface area contributed by atoms with Crippen molar-refractivity contribution in [2.75, 3.05) is 11.4 Å². The van der Waals surface area contributed by atoms with Gasteiger partial charge in [0.15, 0.2) is 0 Å². The van der Waals surface area contributed by atoms with E-state index in [2.05, 4.69) is 62.9 Å². The highest BCUT2D eigenvalue weighted by Crippen LogP contribution is 2.37. The summed E-state index contributed by atoms with van der Waals surface area (Å²) in [6, 6.07) is 10.9. The summed E-state index contributed by atoms with van der Waals surface area (Å²) in [5, 5.41) is 0. The third-order valence-electron chi connectivity index (χ3n) is 3.85. The SMILES string of the molecule is Cc1cc(N2CCCc3ccccc32)ncc1SC(C)(C)C. The predicted molar refractivity (Wildman–Crippen MR) is 96.4 cm³/mol. The topological polar surface area (TPSA) is 16.1 Å². The van der Waals surface area contributed by atoms with Crippen LogP contribution in [0.1, 0.15) is 38.3 Å². The summed E-state index contributed by atoms with van der Waals surface area (Å²) >= 11 is 1.89. The monoisotopic (exact) mass is 312 g/mol. The van der Waals surface area contributed by atoms with Gasteiger partial charge >= 0.3 is 0 Å². The van der Waals surface area contributed by atoms with Gasteiger partial charge in [0.05, 0.1) is 0 Å². The molecule has 1 aliphatic rings. The van der Waals surface area contributed by atoms with Gasteiger partial charge in [-0.2, -0.15) is 0 Å². The fourth-order valence-corrected chi connectivity index (χ4v) is 3.87. The van der Waals surface area contributed by atoms with Crippen LogP contribution >= 0.6 is 11.8 Å². The van der Waals surface area contributed by atoms with Gasteiger partial charge in [-0.25, -0.2) is 4.98 Å². The Hall–Kier alpha value is -1.48. The number of rotatable bonds is 2. The van der Waals surface area contributed by atoms with Crippen LogP contribution < -0.4 is 4.90 Å². The first kappa shape index (κ1) is 15.4. The van der Waals surface area contributed by atoms with Crippen molar-refractivity contribution < 1.29 is 0 Å². The van der Waals surface area contributed by atoms with Gasteiger partial charge in [-0.1, -0.05) is 39.0 Å². The number of thioether (sulfide) groups is 1. The summed E-state index contributed by atoms with van der Waals surface area (Å²) in [5.41, 5.74) is 4.06. The van der Waals surface area contributed by atoms with Crippen LogP contribution in [0, 0.1) is 6.92 Å². The van der Waals surface area contributed by atoms with Crippen LogP contribution in [-0.2, 0) is 6.42 Å². The minimum absolute atomic E-state index is 0.214. The zero-order valence-electron chi connectivity index (χ0n) is 13.9. The standard InChI is InChI=1S/C19H24N2S/c1-14-12-18(20-13-17(14)22-19(2,3)4)21-11-7-9-15-8-5-6-10-16(15)21/h5-6,8,10,12-13H,7,9,11H2,1-4H3. The molecule has 0 bridgehead atoms. The second kappa shape index (κ2) is 5.96. The van der Waals surface area contributed by atoms with Crippen LogP contribution in [0.25, 0.3) is 0 Å². The van der Waals surface area contributed by atoms with E-state index in [4.69, 9.17) is 4.98 Å². The molecule has 22 heavy (non-hydrogen) atoms. The molecule has 1 aromatic carbocycles. The van der Waals surface area contributed by atoms with Crippen molar-refractivity contribution in [3.8, 4) is 0 Å². The molecule has 3 rings (SSSR count). The number of hydrogen-bond donors (Lipinski definition) is 0. The van der Waals surface area contributed by atoms with Gasteiger partial charge in [0.1, 0.15) is 5.82 Å². The molecule has 0 radical (unpaired) electrons. The van der Waals surface area contributed by atoms with Crippen molar-refractivity contribution in [3.63, 3.8) is 0 Å². The number of hydrogen-bond acceptors (Lipinski definition) is 3. The molecule has 3 heteroatoms. The minimum Gasteiger partial charge on any atom is -0.326 e. The van der Waals surface area contributed by atoms with Gasteiger partial charge in [0.2, 0.25) is 0 Å². The van der Waals surface area contributed by atoms with Crippen LogP contribution in [0.4, 0.5) is 11.5 Å². The Morgan fingerprint density at radius 2 is 1.95 bits per heavy atom. The number of para-hydroxylation sites is 1. The third-order valence-corrected chi connectivity index (χ3v) is 5.11. The number of aromatic nitrogens is 1. The summed E-state index contributed by atoms with van der Waals surface area (Å²) in [6.45, 7) is 9.97. The number of anilines is 2. The van der Waals surface area contributed by atoms with Gasteiger partial charge in [0.25, 0.3) is 0 Å². The molecule has 1 aliphatic heterocycles. The van der Waals surface area contributed by atoms with Crippen LogP contribution in [0.2, 0.25) is 0 Å². The highest BCUT2D eigenvalue weighted by atomic mass is 32.2. The van der Waals surface area contributed by atoms with Crippen molar-refractivity contribution >= 4 is 23.3 Å². The lowest BCUT2D eigenvalue weighted by Crippen LogP contribution is -2.25. The molecule has 0 amide bonds. The molecule has 116 valence electrons. The van der Waals surface area contributed by atoms with E-state index in [9.17, 15) is 0 Å². The first-order valence-electron chi connectivity index (χ1n) is 7.95. The van der Waals surface area contributed by atoms with E-state index < -0.39 is 0 Å². The van der Waals surface area contributed by atoms with Gasteiger partial charge in [-0.3, -0.25) is 0 Å². The molecule has 0 atom stereocenters. The lowest BCUT2D eigenvalue weighted by Gasteiger charge is -2.31. The molecule has 0 saturated heterocycles. The maximum Gasteiger partial charge on any atom is 0.133 e. The summed E-state index contributed by atoms with van der Waals surface area (Å²) < 4.78 is 0.214. The number of nitrogens with zero attached hydrogens (tertiary/aromatic N) is 2. The molecule has 0 unspecified atom stereocenters. The molecule has 1 aromatic heterocycles. The molecular weight excluding hydrogens is 288 g/mol. The number of fused-ring (bicyclic) bond motifs is 1. The predicted octanol–water partition coefficient (Wildman–Crippen LogP) is 5.36. The first-order valence-corrected chi connectivity index (χ1v) is 8.77. The Morgan fingerprint density at radius 1 is 1.18 bits per heavy atom. The average Bonchev–Trinajstić information content (AvgIpc) is 2.47. The molecule has 2 aromatic rings. The van der Waals surface area contributed by atoms with Gasteiger partial charge in [-0.15, -0.1) is 11.8 Å². The number of benzene rings is 1. The Bertz CT molecular complexity index is 673. The van der Waals surface area contributed by atoms with Crippen molar-refractivity contribution in [1.29, 1.82) is 0 Å². The smallest absolute Gasteiger partial charge is 0.133 e. The number of pyridine rings is 1. The molecule has 0 saturated carbocycles. The second-order valence-electron chi connectivity index (χ2n) is 6.91. The lowest BCUT2D eigenvalue weighted by molar-refractivity contribution is 0.758. The van der Waals surface area contributed by atoms with E-state index in [1.807, 2.05) is 18.0 Å². The van der Waals surface area contributed by atoms with Crippen molar-refractivity contribution in [2.45, 2.75) is 50.2 Å². The number of aryl methyl sites for hydroxylation is 2. The van der Waals surface area contributed by atoms with Crippen LogP contribution in [0.5, 0.6) is 0 Å². The van der Waals surface area contributed by atoms with Gasteiger partial charge in [-0.05, 0) is 43.0 Å². The molecule has 2 nitrogen and oxygen atoms in total. The zero-order chi connectivity index (χ0) is 15.7. The molecular formula is C19H24N2S. The largest absolute Gasteiger partial charge is 0.326 e. The van der Waals surface area contributed by atoms with E-state index in [1.165, 1.54) is 34.6 Å². The summed E-state index contributed by atoms with van der Waals surface area (Å²) in [4.78, 5) is 8.39. The summed E-state index contributed by atoms with van der Waals surface area (Å²) in [7, 11) is 0. The first-order chi connectivity index (χ1) is 10.4. The second-order valence-corrected chi connectivity index (χ2v) is 8.78. The van der Waals surface area contributed by atoms with Crippen molar-refractivity contribution in [1.82, 2.24) is 4.98 Å². The minimum atomic E-state index is 0.214. The maximum absolute atomic E-state index is 4.75.